The molecule has 0 atom stereocenters. The Morgan fingerprint density at radius 1 is 1.35 bits per heavy atom. The normalized spacial score (nSPS) is 11.8. The number of hydrogen-bond acceptors (Lipinski definition) is 2. The van der Waals surface area contributed by atoms with Gasteiger partial charge in [-0.15, -0.1) is 24.0 Å². The minimum Gasteiger partial charge on any atom is -0.359 e. The first-order valence-electron chi connectivity index (χ1n) is 5.53. The lowest BCUT2D eigenvalue weighted by molar-refractivity contribution is -0.128. The fourth-order valence-electron chi connectivity index (χ4n) is 1.19. The molecule has 6 heteroatoms. The summed E-state index contributed by atoms with van der Waals surface area (Å²) in [6, 6.07) is 0.314. The van der Waals surface area contributed by atoms with E-state index >= 15 is 0 Å². The van der Waals surface area contributed by atoms with Crippen LogP contribution >= 0.6 is 24.0 Å². The summed E-state index contributed by atoms with van der Waals surface area (Å²) in [6.45, 7) is 8.40. The van der Waals surface area contributed by atoms with Gasteiger partial charge in [0.1, 0.15) is 0 Å². The van der Waals surface area contributed by atoms with Crippen LogP contribution in [0.4, 0.5) is 0 Å². The maximum Gasteiger partial charge on any atom is 0.227 e. The summed E-state index contributed by atoms with van der Waals surface area (Å²) in [7, 11) is 3.36. The van der Waals surface area contributed by atoms with E-state index in [-0.39, 0.29) is 29.9 Å². The number of rotatable bonds is 4. The predicted molar refractivity (Wildman–Crippen MR) is 82.9 cm³/mol. The van der Waals surface area contributed by atoms with Crippen LogP contribution in [0, 0.1) is 5.41 Å². The number of carbonyl (C=O) groups is 1. The zero-order valence-corrected chi connectivity index (χ0v) is 13.9. The highest BCUT2D eigenvalue weighted by molar-refractivity contribution is 14.0. The van der Waals surface area contributed by atoms with Crippen LogP contribution in [-0.4, -0.2) is 38.5 Å². The quantitative estimate of drug-likeness (QED) is 0.399. The molecule has 0 aliphatic carbocycles. The number of hydrogen-bond donors (Lipinski definition) is 3. The van der Waals surface area contributed by atoms with E-state index in [0.717, 1.165) is 0 Å². The fourth-order valence-corrected chi connectivity index (χ4v) is 1.19. The highest BCUT2D eigenvalue weighted by atomic mass is 127. The second-order valence-electron chi connectivity index (χ2n) is 4.69. The molecule has 0 saturated heterocycles. The molecule has 0 bridgehead atoms. The summed E-state index contributed by atoms with van der Waals surface area (Å²) in [4.78, 5) is 15.6. The first-order valence-corrected chi connectivity index (χ1v) is 5.53. The molecule has 5 nitrogen and oxygen atoms in total. The van der Waals surface area contributed by atoms with E-state index in [1.807, 2.05) is 27.7 Å². The lowest BCUT2D eigenvalue weighted by atomic mass is 9.92. The monoisotopic (exact) mass is 356 g/mol. The number of nitrogens with zero attached hydrogens (tertiary/aromatic N) is 1. The molecule has 102 valence electrons. The average molecular weight is 356 g/mol. The molecule has 0 spiro atoms. The van der Waals surface area contributed by atoms with Gasteiger partial charge in [-0.25, -0.2) is 0 Å². The zero-order chi connectivity index (χ0) is 12.8. The zero-order valence-electron chi connectivity index (χ0n) is 11.5. The molecule has 1 amide bonds. The molecule has 0 aromatic carbocycles. The molecular formula is C11H25IN4O. The van der Waals surface area contributed by atoms with E-state index in [2.05, 4.69) is 20.9 Å². The van der Waals surface area contributed by atoms with Crippen molar-refractivity contribution in [1.82, 2.24) is 16.0 Å². The van der Waals surface area contributed by atoms with Gasteiger partial charge in [-0.1, -0.05) is 0 Å². The molecule has 0 radical (unpaired) electrons. The van der Waals surface area contributed by atoms with Crippen molar-refractivity contribution >= 4 is 35.8 Å². The predicted octanol–water partition coefficient (Wildman–Crippen LogP) is 0.950. The number of nitrogens with one attached hydrogen (secondary N) is 3. The van der Waals surface area contributed by atoms with E-state index in [1.165, 1.54) is 0 Å². The second-order valence-corrected chi connectivity index (χ2v) is 4.69. The lowest BCUT2D eigenvalue weighted by Gasteiger charge is -2.24. The summed E-state index contributed by atoms with van der Waals surface area (Å²) < 4.78 is 0. The summed E-state index contributed by atoms with van der Waals surface area (Å²) in [6.07, 6.45) is 0. The number of amides is 1. The van der Waals surface area contributed by atoms with Crippen molar-refractivity contribution in [3.63, 3.8) is 0 Å². The van der Waals surface area contributed by atoms with Gasteiger partial charge in [0.15, 0.2) is 5.96 Å². The standard InChI is InChI=1S/C11H24N4O.HI/c1-8(2)15-10(13-6)14-7-11(3,4)9(16)12-5;/h8H,7H2,1-6H3,(H,12,16)(H2,13,14,15);1H. The maximum atomic E-state index is 11.5. The van der Waals surface area contributed by atoms with E-state index in [0.29, 0.717) is 18.5 Å². The molecule has 0 rings (SSSR count). The van der Waals surface area contributed by atoms with Crippen LogP contribution in [0.1, 0.15) is 27.7 Å². The van der Waals surface area contributed by atoms with Crippen molar-refractivity contribution in [2.24, 2.45) is 10.4 Å². The Bertz CT molecular complexity index is 264. The third-order valence-electron chi connectivity index (χ3n) is 2.19. The number of aliphatic imine (C=N–C) groups is 1. The van der Waals surface area contributed by atoms with Gasteiger partial charge in [0.25, 0.3) is 0 Å². The van der Waals surface area contributed by atoms with Crippen molar-refractivity contribution in [1.29, 1.82) is 0 Å². The van der Waals surface area contributed by atoms with Crippen molar-refractivity contribution in [3.05, 3.63) is 0 Å². The molecule has 3 N–H and O–H groups in total. The van der Waals surface area contributed by atoms with Gasteiger partial charge in [0.2, 0.25) is 5.91 Å². The number of carbonyl (C=O) groups excluding carboxylic acids is 1. The number of guanidine groups is 1. The van der Waals surface area contributed by atoms with Gasteiger partial charge in [-0.05, 0) is 27.7 Å². The van der Waals surface area contributed by atoms with Gasteiger partial charge >= 0.3 is 0 Å². The Morgan fingerprint density at radius 3 is 2.24 bits per heavy atom. The molecule has 0 fully saturated rings. The van der Waals surface area contributed by atoms with Gasteiger partial charge < -0.3 is 16.0 Å². The van der Waals surface area contributed by atoms with Crippen molar-refractivity contribution < 1.29 is 4.79 Å². The summed E-state index contributed by atoms with van der Waals surface area (Å²) in [5, 5.41) is 8.95. The minimum atomic E-state index is -0.455. The van der Waals surface area contributed by atoms with Crippen LogP contribution in [0.3, 0.4) is 0 Å². The van der Waals surface area contributed by atoms with Gasteiger partial charge in [-0.2, -0.15) is 0 Å². The van der Waals surface area contributed by atoms with Crippen LogP contribution in [0.25, 0.3) is 0 Å². The third kappa shape index (κ3) is 7.40. The molecule has 17 heavy (non-hydrogen) atoms. The highest BCUT2D eigenvalue weighted by Gasteiger charge is 2.26. The third-order valence-corrected chi connectivity index (χ3v) is 2.19. The second kappa shape index (κ2) is 8.54. The summed E-state index contributed by atoms with van der Waals surface area (Å²) in [5.41, 5.74) is -0.455. The Labute approximate surface area is 121 Å². The van der Waals surface area contributed by atoms with E-state index in [1.54, 1.807) is 14.1 Å². The topological polar surface area (TPSA) is 65.5 Å². The molecular weight excluding hydrogens is 331 g/mol. The Hall–Kier alpha value is -0.530. The van der Waals surface area contributed by atoms with Crippen LogP contribution in [-0.2, 0) is 4.79 Å². The molecule has 0 aromatic heterocycles. The first-order chi connectivity index (χ1) is 7.33. The SMILES string of the molecule is CN=C(NCC(C)(C)C(=O)NC)NC(C)C.I. The molecule has 0 aliphatic heterocycles. The Morgan fingerprint density at radius 2 is 1.88 bits per heavy atom. The Balaban J connectivity index is 0. The van der Waals surface area contributed by atoms with Crippen LogP contribution < -0.4 is 16.0 Å². The highest BCUT2D eigenvalue weighted by Crippen LogP contribution is 2.12. The first kappa shape index (κ1) is 18.8. The van der Waals surface area contributed by atoms with Gasteiger partial charge in [0, 0.05) is 26.7 Å². The van der Waals surface area contributed by atoms with Crippen molar-refractivity contribution in [3.8, 4) is 0 Å². The van der Waals surface area contributed by atoms with Crippen LogP contribution in [0.2, 0.25) is 0 Å². The lowest BCUT2D eigenvalue weighted by Crippen LogP contribution is -2.48. The van der Waals surface area contributed by atoms with Crippen molar-refractivity contribution in [2.45, 2.75) is 33.7 Å². The van der Waals surface area contributed by atoms with Gasteiger partial charge in [0.05, 0.1) is 5.41 Å². The smallest absolute Gasteiger partial charge is 0.227 e. The van der Waals surface area contributed by atoms with Crippen LogP contribution in [0.5, 0.6) is 0 Å². The summed E-state index contributed by atoms with van der Waals surface area (Å²) >= 11 is 0. The molecule has 0 aliphatic rings. The largest absolute Gasteiger partial charge is 0.359 e. The number of halogens is 1. The molecule has 0 saturated carbocycles. The maximum absolute atomic E-state index is 11.5. The Kier molecular flexibility index (Phi) is 9.46. The fraction of sp³-hybridized carbons (Fsp3) is 0.818. The van der Waals surface area contributed by atoms with Gasteiger partial charge in [-0.3, -0.25) is 9.79 Å². The minimum absolute atomic E-state index is 0. The van der Waals surface area contributed by atoms with Crippen LogP contribution in [0.15, 0.2) is 4.99 Å². The van der Waals surface area contributed by atoms with E-state index < -0.39 is 5.41 Å². The van der Waals surface area contributed by atoms with E-state index in [9.17, 15) is 4.79 Å². The average Bonchev–Trinajstić information content (AvgIpc) is 2.22. The molecule has 0 unspecified atom stereocenters. The molecule has 0 heterocycles. The van der Waals surface area contributed by atoms with E-state index in [4.69, 9.17) is 0 Å². The molecule has 0 aromatic rings. The summed E-state index contributed by atoms with van der Waals surface area (Å²) in [5.74, 6) is 0.729. The van der Waals surface area contributed by atoms with Crippen molar-refractivity contribution in [2.75, 3.05) is 20.6 Å².